The van der Waals surface area contributed by atoms with E-state index in [1.54, 1.807) is 0 Å². The third kappa shape index (κ3) is 55.7. The predicted octanol–water partition coefficient (Wildman–Crippen LogP) is -18.0. The maximum Gasteiger partial charge on any atom is 4.00 e. The molecule has 0 aromatic rings. The monoisotopic (exact) mass is 318 g/mol. The van der Waals surface area contributed by atoms with Gasteiger partial charge in [0.25, 0.3) is 0 Å². The van der Waals surface area contributed by atoms with E-state index < -0.39 is 0 Å². The molecule has 0 unspecified atom stereocenters. The Kier molecular flexibility index (Phi) is 1120. The van der Waals surface area contributed by atoms with Crippen molar-refractivity contribution in [1.29, 1.82) is 0 Å². The van der Waals surface area contributed by atoms with Crippen LogP contribution in [0.3, 0.4) is 0 Å². The molecule has 0 fully saturated rings. The topological polar surface area (TPSA) is 0 Å². The molecule has 0 nitrogen and oxygen atoms in total. The van der Waals surface area contributed by atoms with Gasteiger partial charge in [0, 0.05) is 0 Å². The summed E-state index contributed by atoms with van der Waals surface area (Å²) in [4.78, 5) is 0. The van der Waals surface area contributed by atoms with Crippen molar-refractivity contribution < 1.29 is 119 Å². The molecule has 7 heavy (non-hydrogen) atoms. The van der Waals surface area contributed by atoms with Crippen LogP contribution in [0.1, 0.15) is 0 Å². The van der Waals surface area contributed by atoms with E-state index in [0.717, 1.165) is 0 Å². The average molecular weight is 319 g/mol. The second-order valence-corrected chi connectivity index (χ2v) is 0. The van der Waals surface area contributed by atoms with Crippen LogP contribution in [0.25, 0.3) is 0 Å². The van der Waals surface area contributed by atoms with Crippen molar-refractivity contribution in [3.8, 4) is 0 Å². The summed E-state index contributed by atoms with van der Waals surface area (Å²) in [5.41, 5.74) is 0. The van der Waals surface area contributed by atoms with Gasteiger partial charge in [0.05, 0.1) is 0 Å². The first-order valence-electron chi connectivity index (χ1n) is 0. The molecule has 7 heteroatoms. The van der Waals surface area contributed by atoms with Crippen molar-refractivity contribution in [3.05, 3.63) is 0 Å². The summed E-state index contributed by atoms with van der Waals surface area (Å²) in [6.07, 6.45) is 0. The van der Waals surface area contributed by atoms with E-state index >= 15 is 0 Å². The summed E-state index contributed by atoms with van der Waals surface area (Å²) in [6, 6.07) is 0. The van der Waals surface area contributed by atoms with Crippen molar-refractivity contribution in [2.75, 3.05) is 0 Å². The fourth-order valence-electron chi connectivity index (χ4n) is 0. The summed E-state index contributed by atoms with van der Waals surface area (Å²) in [5, 5.41) is 0. The van der Waals surface area contributed by atoms with Gasteiger partial charge in [0.2, 0.25) is 0 Å². The number of hydrogen-bond donors (Lipinski definition) is 0. The van der Waals surface area contributed by atoms with Crippen LogP contribution >= 0.6 is 0 Å². The van der Waals surface area contributed by atoms with E-state index in [0.29, 0.717) is 0 Å². The van der Waals surface area contributed by atoms with E-state index in [-0.39, 0.29) is 119 Å². The Morgan fingerprint density at radius 1 is 0.429 bits per heavy atom. The molecule has 40 valence electrons. The zero-order valence-electron chi connectivity index (χ0n) is 3.39. The maximum atomic E-state index is 0. The third-order valence-electron chi connectivity index (χ3n) is 0. The summed E-state index contributed by atoms with van der Waals surface area (Å²) in [5.74, 6) is 0. The van der Waals surface area contributed by atoms with Crippen molar-refractivity contribution in [1.82, 2.24) is 0 Å². The molecule has 0 amide bonds. The van der Waals surface area contributed by atoms with Gasteiger partial charge in [-0.2, -0.15) is 0 Å². The number of halogens is 5. The van der Waals surface area contributed by atoms with Gasteiger partial charge < -0.3 is 23.5 Å². The van der Waals surface area contributed by atoms with Gasteiger partial charge >= 0.3 is 95.1 Å². The first kappa shape index (κ1) is 106. The maximum absolute atomic E-state index is 0. The smallest absolute Gasteiger partial charge is 1.00 e. The van der Waals surface area contributed by atoms with E-state index in [9.17, 15) is 0 Å². The van der Waals surface area contributed by atoms with Crippen LogP contribution in [-0.4, -0.2) is 0 Å². The van der Waals surface area contributed by atoms with Crippen molar-refractivity contribution in [2.24, 2.45) is 0 Å². The van der Waals surface area contributed by atoms with Gasteiger partial charge in [-0.1, -0.05) is 0 Å². The van der Waals surface area contributed by atoms with Gasteiger partial charge in [-0.25, -0.2) is 0 Å². The molecule has 0 aliphatic rings. The fourth-order valence-corrected chi connectivity index (χ4v) is 0. The number of rotatable bonds is 0. The van der Waals surface area contributed by atoms with Crippen LogP contribution < -0.4 is 92.4 Å². The van der Waals surface area contributed by atoms with Crippen LogP contribution in [0.5, 0.6) is 0 Å². The Morgan fingerprint density at radius 2 is 0.429 bits per heavy atom. The molecule has 0 heterocycles. The zero-order valence-corrected chi connectivity index (χ0v) is 12.1. The summed E-state index contributed by atoms with van der Waals surface area (Å²) in [6.45, 7) is 0. The van der Waals surface area contributed by atoms with E-state index in [4.69, 9.17) is 0 Å². The van der Waals surface area contributed by atoms with Crippen molar-refractivity contribution >= 4 is 0 Å². The van der Waals surface area contributed by atoms with Gasteiger partial charge in [0.1, 0.15) is 0 Å². The summed E-state index contributed by atoms with van der Waals surface area (Å²) in [7, 11) is 0. The molecule has 0 aromatic heterocycles. The first-order chi connectivity index (χ1) is 0. The van der Waals surface area contributed by atoms with Crippen LogP contribution in [0.15, 0.2) is 0 Å². The van der Waals surface area contributed by atoms with Crippen LogP contribution in [0.2, 0.25) is 0 Å². The average Bonchev–Trinajstić information content (AvgIpc) is 0. The van der Waals surface area contributed by atoms with E-state index in [1.807, 2.05) is 0 Å². The van der Waals surface area contributed by atoms with Crippen molar-refractivity contribution in [3.63, 3.8) is 0 Å². The van der Waals surface area contributed by atoms with Gasteiger partial charge in [0.15, 0.2) is 0 Å². The Morgan fingerprint density at radius 3 is 0.429 bits per heavy atom. The van der Waals surface area contributed by atoms with E-state index in [1.165, 1.54) is 0 Å². The molecule has 0 atom stereocenters. The Hall–Kier alpha value is 2.59. The summed E-state index contributed by atoms with van der Waals surface area (Å²) >= 11 is 0. The largest absolute Gasteiger partial charge is 4.00 e. The molecule has 0 N–H and O–H groups in total. The molecule has 0 saturated heterocycles. The Labute approximate surface area is 116 Å². The quantitative estimate of drug-likeness (QED) is 0.389. The predicted molar refractivity (Wildman–Crippen MR) is 0 cm³/mol. The second kappa shape index (κ2) is 73.9. The normalized spacial score (nSPS) is 0. The first-order valence-corrected chi connectivity index (χ1v) is 0. The SMILES string of the molecule is [Cs+].[F-].[F-].[F-].[F-].[F-].[Zr+4]. The minimum atomic E-state index is 0. The molecule has 0 aliphatic carbocycles. The molecule has 0 aromatic carbocycles. The fraction of sp³-hybridized carbons (Fsp3) is 0. The molecule has 0 aliphatic heterocycles. The van der Waals surface area contributed by atoms with Crippen LogP contribution in [-0.2, 0) is 26.2 Å². The zero-order chi connectivity index (χ0) is 0. The molecular weight excluding hydrogens is 319 g/mol. The Balaban J connectivity index is 0. The van der Waals surface area contributed by atoms with Crippen molar-refractivity contribution in [2.45, 2.75) is 0 Å². The van der Waals surface area contributed by atoms with Crippen LogP contribution in [0.4, 0.5) is 0 Å². The molecule has 0 saturated carbocycles. The second-order valence-electron chi connectivity index (χ2n) is 0. The summed E-state index contributed by atoms with van der Waals surface area (Å²) < 4.78 is 0. The number of hydrogen-bond acceptors (Lipinski definition) is 0. The standard InChI is InChI=1S/Cs.5FH.Zr/h;5*1H;/q+1;;;;;;+4/p-5. The van der Waals surface area contributed by atoms with E-state index in [2.05, 4.69) is 0 Å². The van der Waals surface area contributed by atoms with Gasteiger partial charge in [-0.15, -0.1) is 0 Å². The van der Waals surface area contributed by atoms with Gasteiger partial charge in [-0.05, 0) is 0 Å². The molecule has 0 spiro atoms. The molecule has 0 rings (SSSR count). The Bertz CT molecular complexity index is 8.04. The van der Waals surface area contributed by atoms with Crippen LogP contribution in [0, 0.1) is 0 Å². The molecule has 0 radical (unpaired) electrons. The molecular formula is CsF5Zr. The minimum absolute atomic E-state index is 0. The van der Waals surface area contributed by atoms with Gasteiger partial charge in [-0.3, -0.25) is 0 Å². The minimum Gasteiger partial charge on any atom is -1.00 e. The molecule has 0 bridgehead atoms. The third-order valence-corrected chi connectivity index (χ3v) is 0.